The van der Waals surface area contributed by atoms with Gasteiger partial charge in [0.05, 0.1) is 0 Å². The molecular weight excluding hydrogens is 233 g/mol. The molecule has 0 fully saturated rings. The van der Waals surface area contributed by atoms with Crippen molar-refractivity contribution in [2.75, 3.05) is 20.5 Å². The van der Waals surface area contributed by atoms with Gasteiger partial charge in [-0.2, -0.15) is 17.6 Å². The van der Waals surface area contributed by atoms with Crippen LogP contribution in [0.1, 0.15) is 0 Å². The summed E-state index contributed by atoms with van der Waals surface area (Å²) in [5, 5.41) is 0. The summed E-state index contributed by atoms with van der Waals surface area (Å²) in [6, 6.07) is 0. The Bertz CT molecular complexity index is 174. The van der Waals surface area contributed by atoms with Crippen molar-refractivity contribution in [2.45, 2.75) is 12.2 Å². The molecule has 0 aliphatic carbocycles. The molecular formula is C5H7BF6O3. The lowest BCUT2D eigenvalue weighted by atomic mass is 10.2. The SMILES string of the molecule is COB(OC(F)(F)CF)OC(F)(F)CF. The Morgan fingerprint density at radius 3 is 1.47 bits per heavy atom. The van der Waals surface area contributed by atoms with E-state index in [9.17, 15) is 26.3 Å². The van der Waals surface area contributed by atoms with E-state index in [-0.39, 0.29) is 0 Å². The summed E-state index contributed by atoms with van der Waals surface area (Å²) in [4.78, 5) is 0. The maximum absolute atomic E-state index is 12.2. The Kier molecular flexibility index (Phi) is 5.39. The zero-order chi connectivity index (χ0) is 12.1. The lowest BCUT2D eigenvalue weighted by Gasteiger charge is -2.20. The second-order valence-corrected chi connectivity index (χ2v) is 2.30. The second kappa shape index (κ2) is 5.57. The van der Waals surface area contributed by atoms with E-state index in [0.717, 1.165) is 0 Å². The van der Waals surface area contributed by atoms with Gasteiger partial charge in [-0.3, -0.25) is 0 Å². The summed E-state index contributed by atoms with van der Waals surface area (Å²) in [6.45, 7) is -4.51. The van der Waals surface area contributed by atoms with Gasteiger partial charge in [-0.05, 0) is 0 Å². The van der Waals surface area contributed by atoms with E-state index in [1.807, 2.05) is 0 Å². The Labute approximate surface area is 81.5 Å². The van der Waals surface area contributed by atoms with Gasteiger partial charge in [-0.1, -0.05) is 0 Å². The fraction of sp³-hybridized carbons (Fsp3) is 1.00. The topological polar surface area (TPSA) is 27.7 Å². The van der Waals surface area contributed by atoms with E-state index in [1.165, 1.54) is 0 Å². The molecule has 0 saturated heterocycles. The molecule has 0 aromatic heterocycles. The van der Waals surface area contributed by atoms with Crippen LogP contribution in [0, 0.1) is 0 Å². The highest BCUT2D eigenvalue weighted by atomic mass is 19.3. The third-order valence-corrected chi connectivity index (χ3v) is 1.04. The molecule has 0 amide bonds. The van der Waals surface area contributed by atoms with Gasteiger partial charge in [0, 0.05) is 7.11 Å². The molecule has 0 aromatic carbocycles. The minimum Gasteiger partial charge on any atom is -0.388 e. The fourth-order valence-electron chi connectivity index (χ4n) is 0.465. The molecule has 0 N–H and O–H groups in total. The first-order chi connectivity index (χ1) is 6.76. The minimum absolute atomic E-state index is 0.688. The summed E-state index contributed by atoms with van der Waals surface area (Å²) in [5.41, 5.74) is 0. The minimum atomic E-state index is -4.34. The van der Waals surface area contributed by atoms with Crippen LogP contribution in [-0.2, 0) is 14.0 Å². The maximum Gasteiger partial charge on any atom is 0.647 e. The van der Waals surface area contributed by atoms with Gasteiger partial charge >= 0.3 is 19.5 Å². The molecule has 0 unspecified atom stereocenters. The molecule has 90 valence electrons. The molecule has 3 nitrogen and oxygen atoms in total. The standard InChI is InChI=1S/C5H7BF6O3/c1-13-6(14-4(9,10)2-7)15-5(11,12)3-8/h2-3H2,1H3. The van der Waals surface area contributed by atoms with Crippen LogP contribution in [0.25, 0.3) is 0 Å². The van der Waals surface area contributed by atoms with Crippen LogP contribution in [0.5, 0.6) is 0 Å². The number of rotatable bonds is 7. The Morgan fingerprint density at radius 2 is 1.27 bits per heavy atom. The van der Waals surface area contributed by atoms with Gasteiger partial charge in [0.1, 0.15) is 0 Å². The molecule has 0 aliphatic rings. The molecule has 0 atom stereocenters. The normalized spacial score (nSPS) is 13.0. The van der Waals surface area contributed by atoms with Crippen LogP contribution >= 0.6 is 0 Å². The predicted octanol–water partition coefficient (Wildman–Crippen LogP) is 1.78. The van der Waals surface area contributed by atoms with E-state index in [1.54, 1.807) is 0 Å². The van der Waals surface area contributed by atoms with Crippen LogP contribution in [0.2, 0.25) is 0 Å². The number of hydrogen-bond donors (Lipinski definition) is 0. The first kappa shape index (κ1) is 14.5. The molecule has 0 radical (unpaired) electrons. The summed E-state index contributed by atoms with van der Waals surface area (Å²) in [6.07, 6.45) is -8.68. The van der Waals surface area contributed by atoms with Gasteiger partial charge in [0.15, 0.2) is 13.3 Å². The molecule has 0 aliphatic heterocycles. The summed E-state index contributed by atoms with van der Waals surface area (Å²) >= 11 is 0. The van der Waals surface area contributed by atoms with E-state index in [4.69, 9.17) is 0 Å². The monoisotopic (exact) mass is 240 g/mol. The fourth-order valence-corrected chi connectivity index (χ4v) is 0.465. The van der Waals surface area contributed by atoms with Gasteiger partial charge in [-0.25, -0.2) is 8.78 Å². The first-order valence-corrected chi connectivity index (χ1v) is 3.52. The second-order valence-electron chi connectivity index (χ2n) is 2.30. The summed E-state index contributed by atoms with van der Waals surface area (Å²) in [5.74, 6) is 0. The van der Waals surface area contributed by atoms with Crippen molar-refractivity contribution >= 4 is 7.32 Å². The van der Waals surface area contributed by atoms with Crippen LogP contribution in [0.15, 0.2) is 0 Å². The highest BCUT2D eigenvalue weighted by molar-refractivity contribution is 6.36. The third kappa shape index (κ3) is 5.85. The smallest absolute Gasteiger partial charge is 0.388 e. The molecule has 0 bridgehead atoms. The van der Waals surface area contributed by atoms with E-state index in [0.29, 0.717) is 7.11 Å². The molecule has 10 heteroatoms. The van der Waals surface area contributed by atoms with Crippen molar-refractivity contribution in [3.05, 3.63) is 0 Å². The number of hydrogen-bond acceptors (Lipinski definition) is 3. The van der Waals surface area contributed by atoms with Crippen LogP contribution < -0.4 is 0 Å². The average Bonchev–Trinajstić information content (AvgIpc) is 2.16. The van der Waals surface area contributed by atoms with E-state index >= 15 is 0 Å². The zero-order valence-corrected chi connectivity index (χ0v) is 7.48. The van der Waals surface area contributed by atoms with Crippen molar-refractivity contribution in [1.29, 1.82) is 0 Å². The molecule has 0 rings (SSSR count). The summed E-state index contributed by atoms with van der Waals surface area (Å²) < 4.78 is 82.4. The maximum atomic E-state index is 12.2. The quantitative estimate of drug-likeness (QED) is 0.501. The highest BCUT2D eigenvalue weighted by Crippen LogP contribution is 2.22. The summed E-state index contributed by atoms with van der Waals surface area (Å²) in [7, 11) is -1.88. The molecule has 0 spiro atoms. The van der Waals surface area contributed by atoms with Gasteiger partial charge in [-0.15, -0.1) is 0 Å². The van der Waals surface area contributed by atoms with Crippen molar-refractivity contribution in [3.63, 3.8) is 0 Å². The Balaban J connectivity index is 4.27. The zero-order valence-electron chi connectivity index (χ0n) is 7.48. The van der Waals surface area contributed by atoms with Gasteiger partial charge < -0.3 is 14.0 Å². The van der Waals surface area contributed by atoms with Crippen LogP contribution in [0.4, 0.5) is 26.3 Å². The molecule has 15 heavy (non-hydrogen) atoms. The molecule has 0 heterocycles. The predicted molar refractivity (Wildman–Crippen MR) is 36.8 cm³/mol. The average molecular weight is 240 g/mol. The Morgan fingerprint density at radius 1 is 0.933 bits per heavy atom. The van der Waals surface area contributed by atoms with Crippen molar-refractivity contribution in [3.8, 4) is 0 Å². The van der Waals surface area contributed by atoms with Crippen LogP contribution in [0.3, 0.4) is 0 Å². The van der Waals surface area contributed by atoms with E-state index < -0.39 is 32.9 Å². The lowest BCUT2D eigenvalue weighted by Crippen LogP contribution is -2.42. The van der Waals surface area contributed by atoms with Gasteiger partial charge in [0.2, 0.25) is 0 Å². The van der Waals surface area contributed by atoms with Crippen LogP contribution in [-0.4, -0.2) is 40.0 Å². The Hall–Kier alpha value is -0.475. The van der Waals surface area contributed by atoms with Crippen molar-refractivity contribution in [1.82, 2.24) is 0 Å². The molecule has 0 aromatic rings. The molecule has 0 saturated carbocycles. The third-order valence-electron chi connectivity index (χ3n) is 1.04. The van der Waals surface area contributed by atoms with Gasteiger partial charge in [0.25, 0.3) is 0 Å². The number of halogens is 6. The van der Waals surface area contributed by atoms with Crippen molar-refractivity contribution < 1.29 is 40.3 Å². The number of alkyl halides is 6. The van der Waals surface area contributed by atoms with E-state index in [2.05, 4.69) is 14.0 Å². The highest BCUT2D eigenvalue weighted by Gasteiger charge is 2.45. The lowest BCUT2D eigenvalue weighted by molar-refractivity contribution is -0.248. The van der Waals surface area contributed by atoms with Crippen molar-refractivity contribution in [2.24, 2.45) is 0 Å². The largest absolute Gasteiger partial charge is 0.647 e. The first-order valence-electron chi connectivity index (χ1n) is 3.52.